The van der Waals surface area contributed by atoms with Gasteiger partial charge >= 0.3 is 0 Å². The van der Waals surface area contributed by atoms with Crippen LogP contribution in [-0.4, -0.2) is 42.0 Å². The lowest BCUT2D eigenvalue weighted by Crippen LogP contribution is -2.39. The Hall–Kier alpha value is -1.66. The highest BCUT2D eigenvalue weighted by Gasteiger charge is 2.23. The second-order valence-electron chi connectivity index (χ2n) is 4.95. The fraction of sp³-hybridized carbons (Fsp3) is 0.429. The quantitative estimate of drug-likeness (QED) is 0.932. The smallest absolute Gasteiger partial charge is 0.236 e. The number of rotatable bonds is 4. The Labute approximate surface area is 121 Å². The Morgan fingerprint density at radius 1 is 1.65 bits per heavy atom. The number of carbonyl (C=O) groups is 1. The van der Waals surface area contributed by atoms with Crippen molar-refractivity contribution in [2.75, 3.05) is 20.1 Å². The standard InChI is InChI=1S/C14H17N3O2S/c1-17(11-4-5-15-8-11)13(18)7-10-9-19-14(16-10)12-3-2-6-20-12/h2-3,6,9,11,15H,4-5,7-8H2,1H3. The van der Waals surface area contributed by atoms with E-state index in [1.807, 2.05) is 29.5 Å². The van der Waals surface area contributed by atoms with E-state index < -0.39 is 0 Å². The van der Waals surface area contributed by atoms with Gasteiger partial charge in [0.2, 0.25) is 11.8 Å². The van der Waals surface area contributed by atoms with E-state index in [-0.39, 0.29) is 5.91 Å². The van der Waals surface area contributed by atoms with Crippen LogP contribution < -0.4 is 5.32 Å². The number of oxazole rings is 1. The Balaban J connectivity index is 1.64. The van der Waals surface area contributed by atoms with Crippen LogP contribution in [0, 0.1) is 0 Å². The number of aromatic nitrogens is 1. The summed E-state index contributed by atoms with van der Waals surface area (Å²) in [4.78, 5) is 19.4. The van der Waals surface area contributed by atoms with Crippen molar-refractivity contribution in [3.63, 3.8) is 0 Å². The van der Waals surface area contributed by atoms with Crippen LogP contribution in [0.5, 0.6) is 0 Å². The number of thiophene rings is 1. The Morgan fingerprint density at radius 2 is 2.55 bits per heavy atom. The molecule has 106 valence electrons. The molecule has 1 atom stereocenters. The predicted octanol–water partition coefficient (Wildman–Crippen LogP) is 1.77. The lowest BCUT2D eigenvalue weighted by Gasteiger charge is -2.23. The molecule has 1 aliphatic rings. The molecule has 20 heavy (non-hydrogen) atoms. The van der Waals surface area contributed by atoms with Crippen LogP contribution in [0.1, 0.15) is 12.1 Å². The van der Waals surface area contributed by atoms with Gasteiger partial charge in [-0.15, -0.1) is 11.3 Å². The van der Waals surface area contributed by atoms with Crippen LogP contribution in [0.15, 0.2) is 28.2 Å². The molecule has 3 heterocycles. The molecule has 3 rings (SSSR count). The molecule has 2 aromatic heterocycles. The molecule has 0 bridgehead atoms. The minimum absolute atomic E-state index is 0.0877. The van der Waals surface area contributed by atoms with Crippen LogP contribution in [0.2, 0.25) is 0 Å². The second-order valence-corrected chi connectivity index (χ2v) is 5.90. The van der Waals surface area contributed by atoms with Crippen LogP contribution in [-0.2, 0) is 11.2 Å². The number of nitrogens with zero attached hydrogens (tertiary/aromatic N) is 2. The first-order valence-electron chi connectivity index (χ1n) is 6.68. The summed E-state index contributed by atoms with van der Waals surface area (Å²) in [7, 11) is 1.86. The monoisotopic (exact) mass is 291 g/mol. The molecule has 0 aliphatic carbocycles. The fourth-order valence-corrected chi connectivity index (χ4v) is 3.01. The van der Waals surface area contributed by atoms with Crippen molar-refractivity contribution in [3.05, 3.63) is 29.5 Å². The topological polar surface area (TPSA) is 58.4 Å². The molecular formula is C14H17N3O2S. The number of nitrogens with one attached hydrogen (secondary N) is 1. The second kappa shape index (κ2) is 5.76. The lowest BCUT2D eigenvalue weighted by molar-refractivity contribution is -0.130. The summed E-state index contributed by atoms with van der Waals surface area (Å²) in [6.07, 6.45) is 2.89. The Kier molecular flexibility index (Phi) is 3.84. The van der Waals surface area contributed by atoms with E-state index in [1.54, 1.807) is 17.6 Å². The summed E-state index contributed by atoms with van der Waals surface area (Å²) in [5.74, 6) is 0.678. The van der Waals surface area contributed by atoms with Gasteiger partial charge in [0.05, 0.1) is 17.0 Å². The maximum absolute atomic E-state index is 12.2. The van der Waals surface area contributed by atoms with Gasteiger partial charge in [0.1, 0.15) is 6.26 Å². The highest BCUT2D eigenvalue weighted by Crippen LogP contribution is 2.23. The SMILES string of the molecule is CN(C(=O)Cc1coc(-c2cccs2)n1)C1CCNC1. The van der Waals surface area contributed by atoms with Crippen LogP contribution >= 0.6 is 11.3 Å². The molecule has 0 aromatic carbocycles. The number of likely N-dealkylation sites (N-methyl/N-ethyl adjacent to an activating group) is 1. The van der Waals surface area contributed by atoms with Gasteiger partial charge in [-0.1, -0.05) is 6.07 Å². The third-order valence-corrected chi connectivity index (χ3v) is 4.45. The van der Waals surface area contributed by atoms with E-state index >= 15 is 0 Å². The first-order valence-corrected chi connectivity index (χ1v) is 7.56. The zero-order valence-corrected chi connectivity index (χ0v) is 12.2. The maximum Gasteiger partial charge on any atom is 0.236 e. The van der Waals surface area contributed by atoms with E-state index in [1.165, 1.54) is 0 Å². The molecule has 6 heteroatoms. The van der Waals surface area contributed by atoms with Crippen LogP contribution in [0.25, 0.3) is 10.8 Å². The molecule has 1 amide bonds. The summed E-state index contributed by atoms with van der Waals surface area (Å²) in [6, 6.07) is 4.21. The van der Waals surface area contributed by atoms with Crippen molar-refractivity contribution in [3.8, 4) is 10.8 Å². The van der Waals surface area contributed by atoms with Crippen LogP contribution in [0.4, 0.5) is 0 Å². The average Bonchev–Trinajstić information content (AvgIpc) is 3.19. The number of hydrogen-bond acceptors (Lipinski definition) is 5. The normalized spacial score (nSPS) is 18.4. The summed E-state index contributed by atoms with van der Waals surface area (Å²) < 4.78 is 5.43. The first kappa shape index (κ1) is 13.3. The van der Waals surface area contributed by atoms with E-state index in [0.29, 0.717) is 24.0 Å². The van der Waals surface area contributed by atoms with Gasteiger partial charge < -0.3 is 14.6 Å². The number of carbonyl (C=O) groups excluding carboxylic acids is 1. The molecule has 0 saturated carbocycles. The van der Waals surface area contributed by atoms with Gasteiger partial charge in [-0.2, -0.15) is 0 Å². The molecule has 1 aliphatic heterocycles. The Morgan fingerprint density at radius 3 is 3.25 bits per heavy atom. The molecular weight excluding hydrogens is 274 g/mol. The largest absolute Gasteiger partial charge is 0.444 e. The van der Waals surface area contributed by atoms with E-state index in [2.05, 4.69) is 10.3 Å². The van der Waals surface area contributed by atoms with Crippen molar-refractivity contribution in [1.82, 2.24) is 15.2 Å². The van der Waals surface area contributed by atoms with E-state index in [4.69, 9.17) is 4.42 Å². The highest BCUT2D eigenvalue weighted by atomic mass is 32.1. The van der Waals surface area contributed by atoms with Crippen molar-refractivity contribution in [1.29, 1.82) is 0 Å². The molecule has 1 N–H and O–H groups in total. The average molecular weight is 291 g/mol. The van der Waals surface area contributed by atoms with E-state index in [0.717, 1.165) is 24.4 Å². The van der Waals surface area contributed by atoms with Gasteiger partial charge in [0.25, 0.3) is 0 Å². The number of amides is 1. The van der Waals surface area contributed by atoms with Crippen molar-refractivity contribution in [2.24, 2.45) is 0 Å². The van der Waals surface area contributed by atoms with Gasteiger partial charge in [-0.3, -0.25) is 4.79 Å². The predicted molar refractivity (Wildman–Crippen MR) is 77.6 cm³/mol. The van der Waals surface area contributed by atoms with Gasteiger partial charge in [-0.05, 0) is 24.4 Å². The first-order chi connectivity index (χ1) is 9.74. The zero-order valence-electron chi connectivity index (χ0n) is 11.3. The van der Waals surface area contributed by atoms with E-state index in [9.17, 15) is 4.79 Å². The van der Waals surface area contributed by atoms with Gasteiger partial charge in [-0.25, -0.2) is 4.98 Å². The molecule has 0 radical (unpaired) electrons. The zero-order chi connectivity index (χ0) is 13.9. The van der Waals surface area contributed by atoms with Gasteiger partial charge in [0.15, 0.2) is 0 Å². The van der Waals surface area contributed by atoms with Crippen molar-refractivity contribution < 1.29 is 9.21 Å². The van der Waals surface area contributed by atoms with Crippen LogP contribution in [0.3, 0.4) is 0 Å². The summed E-state index contributed by atoms with van der Waals surface area (Å²) in [6.45, 7) is 1.86. The van der Waals surface area contributed by atoms with Crippen molar-refractivity contribution in [2.45, 2.75) is 18.9 Å². The molecule has 5 nitrogen and oxygen atoms in total. The molecule has 0 spiro atoms. The maximum atomic E-state index is 12.2. The fourth-order valence-electron chi connectivity index (χ4n) is 2.35. The summed E-state index contributed by atoms with van der Waals surface area (Å²) in [5, 5.41) is 5.25. The molecule has 2 aromatic rings. The third kappa shape index (κ3) is 2.76. The summed E-state index contributed by atoms with van der Waals surface area (Å²) >= 11 is 1.58. The summed E-state index contributed by atoms with van der Waals surface area (Å²) in [5.41, 5.74) is 0.691. The Bertz CT molecular complexity index is 573. The lowest BCUT2D eigenvalue weighted by atomic mass is 10.2. The van der Waals surface area contributed by atoms with Gasteiger partial charge in [0, 0.05) is 19.6 Å². The minimum atomic E-state index is 0.0877. The highest BCUT2D eigenvalue weighted by molar-refractivity contribution is 7.13. The number of hydrogen-bond donors (Lipinski definition) is 1. The third-order valence-electron chi connectivity index (χ3n) is 3.59. The minimum Gasteiger partial charge on any atom is -0.444 e. The molecule has 1 unspecified atom stereocenters. The molecule has 1 saturated heterocycles. The van der Waals surface area contributed by atoms with Crippen molar-refractivity contribution >= 4 is 17.2 Å². The molecule has 1 fully saturated rings.